The highest BCUT2D eigenvalue weighted by Gasteiger charge is 2.17. The van der Waals surface area contributed by atoms with Crippen LogP contribution in [0.4, 0.5) is 0 Å². The van der Waals surface area contributed by atoms with E-state index < -0.39 is 0 Å². The molecule has 0 saturated heterocycles. The number of hydrogen-bond acceptors (Lipinski definition) is 3. The molecule has 1 atom stereocenters. The molecule has 0 fully saturated rings. The van der Waals surface area contributed by atoms with Crippen molar-refractivity contribution < 1.29 is 4.79 Å². The average molecular weight is 158 g/mol. The van der Waals surface area contributed by atoms with Gasteiger partial charge in [-0.25, -0.2) is 0 Å². The van der Waals surface area contributed by atoms with Gasteiger partial charge in [0.15, 0.2) is 0 Å². The molecule has 0 aromatic heterocycles. The van der Waals surface area contributed by atoms with Crippen LogP contribution in [0.15, 0.2) is 4.99 Å². The van der Waals surface area contributed by atoms with Crippen molar-refractivity contribution in [2.24, 2.45) is 4.99 Å². The highest BCUT2D eigenvalue weighted by molar-refractivity contribution is 7.81. The summed E-state index contributed by atoms with van der Waals surface area (Å²) < 4.78 is 0. The van der Waals surface area contributed by atoms with Crippen molar-refractivity contribution in [3.63, 3.8) is 0 Å². The highest BCUT2D eigenvalue weighted by atomic mass is 32.1. The molecular weight excluding hydrogens is 148 g/mol. The van der Waals surface area contributed by atoms with E-state index in [4.69, 9.17) is 0 Å². The lowest BCUT2D eigenvalue weighted by molar-refractivity contribution is -0.117. The van der Waals surface area contributed by atoms with Gasteiger partial charge in [0, 0.05) is 13.5 Å². The van der Waals surface area contributed by atoms with Crippen LogP contribution in [-0.4, -0.2) is 23.5 Å². The molecule has 1 unspecified atom stereocenters. The van der Waals surface area contributed by atoms with Gasteiger partial charge in [0.2, 0.25) is 5.91 Å². The van der Waals surface area contributed by atoms with Crippen LogP contribution < -0.4 is 5.32 Å². The Balaban J connectivity index is 2.47. The molecular formula is C6H10N2OS. The molecule has 1 N–H and O–H groups in total. The summed E-state index contributed by atoms with van der Waals surface area (Å²) in [6.45, 7) is 2.26. The Morgan fingerprint density at radius 1 is 1.90 bits per heavy atom. The summed E-state index contributed by atoms with van der Waals surface area (Å²) in [5, 5.41) is 2.75. The molecule has 4 heteroatoms. The standard InChI is InChI=1S/C6H10N2OS/c1-4(9)8-6-5(10)2-3-7-6/h5,10H,2-3H2,1H3,(H,7,8,9). The van der Waals surface area contributed by atoms with Crippen molar-refractivity contribution in [3.8, 4) is 0 Å². The maximum absolute atomic E-state index is 10.5. The van der Waals surface area contributed by atoms with Crippen LogP contribution in [0.2, 0.25) is 0 Å². The summed E-state index contributed by atoms with van der Waals surface area (Å²) in [6, 6.07) is 0. The van der Waals surface area contributed by atoms with E-state index in [2.05, 4.69) is 22.9 Å². The number of hydrogen-bond donors (Lipinski definition) is 2. The number of amides is 1. The van der Waals surface area contributed by atoms with Crippen LogP contribution in [0.3, 0.4) is 0 Å². The van der Waals surface area contributed by atoms with E-state index >= 15 is 0 Å². The van der Waals surface area contributed by atoms with Crippen LogP contribution in [0.5, 0.6) is 0 Å². The molecule has 10 heavy (non-hydrogen) atoms. The van der Waals surface area contributed by atoms with Crippen molar-refractivity contribution in [2.75, 3.05) is 6.54 Å². The van der Waals surface area contributed by atoms with Gasteiger partial charge in [-0.05, 0) is 6.42 Å². The summed E-state index contributed by atoms with van der Waals surface area (Å²) in [5.41, 5.74) is 0. The monoisotopic (exact) mass is 158 g/mol. The third kappa shape index (κ3) is 1.73. The fourth-order valence-corrected chi connectivity index (χ4v) is 1.11. The first-order chi connectivity index (χ1) is 4.70. The first kappa shape index (κ1) is 7.60. The largest absolute Gasteiger partial charge is 0.314 e. The second-order valence-electron chi connectivity index (χ2n) is 2.25. The molecule has 1 rings (SSSR count). The minimum atomic E-state index is -0.0697. The Bertz CT molecular complexity index is 179. The van der Waals surface area contributed by atoms with Crippen LogP contribution in [0, 0.1) is 0 Å². The lowest BCUT2D eigenvalue weighted by atomic mass is 10.3. The van der Waals surface area contributed by atoms with Crippen molar-refractivity contribution in [2.45, 2.75) is 18.6 Å². The number of nitrogens with zero attached hydrogens (tertiary/aromatic N) is 1. The third-order valence-electron chi connectivity index (χ3n) is 1.30. The molecule has 1 heterocycles. The summed E-state index contributed by atoms with van der Waals surface area (Å²) in [7, 11) is 0. The van der Waals surface area contributed by atoms with E-state index in [1.165, 1.54) is 6.92 Å². The SMILES string of the molecule is CC(=O)NC1=NCCC1S. The van der Waals surface area contributed by atoms with E-state index in [1.54, 1.807) is 0 Å². The Hall–Kier alpha value is -0.510. The number of amidine groups is 1. The maximum Gasteiger partial charge on any atom is 0.222 e. The number of carbonyl (C=O) groups is 1. The zero-order valence-electron chi connectivity index (χ0n) is 5.79. The average Bonchev–Trinajstić information content (AvgIpc) is 2.15. The number of carbonyl (C=O) groups excluding carboxylic acids is 1. The normalized spacial score (nSPS) is 24.2. The Labute approximate surface area is 65.3 Å². The van der Waals surface area contributed by atoms with Crippen molar-refractivity contribution in [1.29, 1.82) is 0 Å². The quantitative estimate of drug-likeness (QED) is 0.487. The first-order valence-corrected chi connectivity index (χ1v) is 3.72. The number of aliphatic imine (C=N–C) groups is 1. The van der Waals surface area contributed by atoms with Crippen LogP contribution in [0.1, 0.15) is 13.3 Å². The van der Waals surface area contributed by atoms with E-state index in [1.807, 2.05) is 0 Å². The minimum Gasteiger partial charge on any atom is -0.314 e. The van der Waals surface area contributed by atoms with E-state index in [-0.39, 0.29) is 11.2 Å². The van der Waals surface area contributed by atoms with Gasteiger partial charge in [0.05, 0.1) is 5.25 Å². The van der Waals surface area contributed by atoms with Crippen molar-refractivity contribution >= 4 is 24.4 Å². The molecule has 1 aliphatic heterocycles. The lowest BCUT2D eigenvalue weighted by Gasteiger charge is -2.04. The lowest BCUT2D eigenvalue weighted by Crippen LogP contribution is -2.32. The number of rotatable bonds is 0. The fraction of sp³-hybridized carbons (Fsp3) is 0.667. The van der Waals surface area contributed by atoms with Crippen molar-refractivity contribution in [3.05, 3.63) is 0 Å². The molecule has 0 spiro atoms. The van der Waals surface area contributed by atoms with E-state index in [0.717, 1.165) is 18.8 Å². The summed E-state index contributed by atoms with van der Waals surface area (Å²) in [4.78, 5) is 14.6. The summed E-state index contributed by atoms with van der Waals surface area (Å²) in [6.07, 6.45) is 0.929. The minimum absolute atomic E-state index is 0.0697. The zero-order chi connectivity index (χ0) is 7.56. The highest BCUT2D eigenvalue weighted by Crippen LogP contribution is 2.09. The Kier molecular flexibility index (Phi) is 2.32. The second kappa shape index (κ2) is 3.05. The maximum atomic E-state index is 10.5. The van der Waals surface area contributed by atoms with Crippen LogP contribution in [0.25, 0.3) is 0 Å². The molecule has 0 saturated carbocycles. The van der Waals surface area contributed by atoms with Gasteiger partial charge >= 0.3 is 0 Å². The topological polar surface area (TPSA) is 41.5 Å². The van der Waals surface area contributed by atoms with Gasteiger partial charge in [-0.15, -0.1) is 0 Å². The molecule has 0 radical (unpaired) electrons. The molecule has 56 valence electrons. The van der Waals surface area contributed by atoms with Gasteiger partial charge in [-0.1, -0.05) is 0 Å². The molecule has 0 aromatic carbocycles. The second-order valence-corrected chi connectivity index (χ2v) is 2.88. The number of nitrogens with one attached hydrogen (secondary N) is 1. The summed E-state index contributed by atoms with van der Waals surface area (Å²) >= 11 is 4.22. The van der Waals surface area contributed by atoms with Gasteiger partial charge < -0.3 is 5.32 Å². The van der Waals surface area contributed by atoms with Gasteiger partial charge in [0.1, 0.15) is 5.84 Å². The molecule has 0 aliphatic carbocycles. The zero-order valence-corrected chi connectivity index (χ0v) is 6.69. The number of thiol groups is 1. The predicted octanol–water partition coefficient (Wildman–Crippen LogP) is 0.223. The van der Waals surface area contributed by atoms with E-state index in [0.29, 0.717) is 0 Å². The van der Waals surface area contributed by atoms with Gasteiger partial charge in [0.25, 0.3) is 0 Å². The van der Waals surface area contributed by atoms with Crippen molar-refractivity contribution in [1.82, 2.24) is 5.32 Å². The first-order valence-electron chi connectivity index (χ1n) is 3.20. The molecule has 0 aromatic rings. The third-order valence-corrected chi connectivity index (χ3v) is 1.81. The Morgan fingerprint density at radius 2 is 2.60 bits per heavy atom. The van der Waals surface area contributed by atoms with Crippen LogP contribution in [-0.2, 0) is 4.79 Å². The van der Waals surface area contributed by atoms with E-state index in [9.17, 15) is 4.79 Å². The molecule has 1 aliphatic rings. The fourth-order valence-electron chi connectivity index (χ4n) is 0.853. The van der Waals surface area contributed by atoms with Gasteiger partial charge in [-0.3, -0.25) is 9.79 Å². The molecule has 3 nitrogen and oxygen atoms in total. The molecule has 0 bridgehead atoms. The predicted molar refractivity (Wildman–Crippen MR) is 43.5 cm³/mol. The van der Waals surface area contributed by atoms with Crippen LogP contribution >= 0.6 is 12.6 Å². The molecule has 1 amide bonds. The smallest absolute Gasteiger partial charge is 0.222 e. The Morgan fingerprint density at radius 3 is 3.00 bits per heavy atom. The van der Waals surface area contributed by atoms with Gasteiger partial charge in [-0.2, -0.15) is 12.6 Å². The summed E-state index contributed by atoms with van der Waals surface area (Å²) in [5.74, 6) is 0.649.